The number of benzene rings is 1. The monoisotopic (exact) mass is 272 g/mol. The molecule has 6 nitrogen and oxygen atoms in total. The van der Waals surface area contributed by atoms with Gasteiger partial charge in [0.2, 0.25) is 10.0 Å². The summed E-state index contributed by atoms with van der Waals surface area (Å²) >= 11 is 0. The molecule has 0 unspecified atom stereocenters. The number of nitrogens with one attached hydrogen (secondary N) is 2. The molecular weight excluding hydrogens is 256 g/mol. The molecule has 0 aliphatic rings. The fourth-order valence-electron chi connectivity index (χ4n) is 1.50. The first-order valence-electron chi connectivity index (χ1n) is 5.21. The summed E-state index contributed by atoms with van der Waals surface area (Å²) in [6, 6.07) is 2.93. The van der Waals surface area contributed by atoms with E-state index in [1.165, 1.54) is 20.2 Å². The van der Waals surface area contributed by atoms with E-state index in [0.29, 0.717) is 11.1 Å². The van der Waals surface area contributed by atoms with Crippen LogP contribution in [0.1, 0.15) is 21.5 Å². The van der Waals surface area contributed by atoms with Gasteiger partial charge in [-0.2, -0.15) is 0 Å². The highest BCUT2D eigenvalue weighted by Crippen LogP contribution is 2.20. The van der Waals surface area contributed by atoms with Crippen LogP contribution in [-0.2, 0) is 14.9 Å². The van der Waals surface area contributed by atoms with Gasteiger partial charge in [-0.3, -0.25) is 9.63 Å². The summed E-state index contributed by atoms with van der Waals surface area (Å²) in [5.74, 6) is -0.492. The molecule has 0 radical (unpaired) electrons. The Hall–Kier alpha value is -1.44. The molecule has 1 rings (SSSR count). The van der Waals surface area contributed by atoms with Crippen molar-refractivity contribution < 1.29 is 18.0 Å². The number of hydroxylamine groups is 1. The molecule has 0 fully saturated rings. The first kappa shape index (κ1) is 14.6. The number of hydrogen-bond acceptors (Lipinski definition) is 4. The zero-order chi connectivity index (χ0) is 13.9. The second-order valence-corrected chi connectivity index (χ2v) is 5.61. The highest BCUT2D eigenvalue weighted by molar-refractivity contribution is 7.89. The van der Waals surface area contributed by atoms with Crippen LogP contribution < -0.4 is 10.2 Å². The molecule has 100 valence electrons. The van der Waals surface area contributed by atoms with Crippen molar-refractivity contribution in [3.8, 4) is 0 Å². The van der Waals surface area contributed by atoms with E-state index >= 15 is 0 Å². The van der Waals surface area contributed by atoms with Crippen molar-refractivity contribution >= 4 is 15.9 Å². The van der Waals surface area contributed by atoms with Gasteiger partial charge >= 0.3 is 0 Å². The van der Waals surface area contributed by atoms with Crippen LogP contribution in [-0.4, -0.2) is 28.5 Å². The van der Waals surface area contributed by atoms with Crippen LogP contribution in [0.2, 0.25) is 0 Å². The summed E-state index contributed by atoms with van der Waals surface area (Å²) in [6.45, 7) is 3.44. The van der Waals surface area contributed by atoms with Crippen LogP contribution in [0, 0.1) is 13.8 Å². The maximum absolute atomic E-state index is 11.8. The van der Waals surface area contributed by atoms with Gasteiger partial charge < -0.3 is 0 Å². The van der Waals surface area contributed by atoms with E-state index in [9.17, 15) is 13.2 Å². The SMILES string of the molecule is CNS(=O)(=O)c1cc(C(=O)NOC)cc(C)c1C. The minimum atomic E-state index is -3.59. The van der Waals surface area contributed by atoms with Gasteiger partial charge in [-0.25, -0.2) is 18.6 Å². The predicted octanol–water partition coefficient (Wildman–Crippen LogP) is 0.503. The van der Waals surface area contributed by atoms with Crippen molar-refractivity contribution in [3.05, 3.63) is 28.8 Å². The summed E-state index contributed by atoms with van der Waals surface area (Å²) in [7, 11) is -0.958. The van der Waals surface area contributed by atoms with E-state index in [1.807, 2.05) is 0 Å². The lowest BCUT2D eigenvalue weighted by molar-refractivity contribution is 0.0537. The third-order valence-electron chi connectivity index (χ3n) is 2.63. The number of hydrogen-bond donors (Lipinski definition) is 2. The lowest BCUT2D eigenvalue weighted by Gasteiger charge is -2.11. The second-order valence-electron chi connectivity index (χ2n) is 3.76. The Bertz CT molecular complexity index is 567. The summed E-state index contributed by atoms with van der Waals surface area (Å²) in [4.78, 5) is 16.2. The Balaban J connectivity index is 3.41. The van der Waals surface area contributed by atoms with Gasteiger partial charge in [0.25, 0.3) is 5.91 Å². The normalized spacial score (nSPS) is 11.3. The van der Waals surface area contributed by atoms with Crippen molar-refractivity contribution in [1.29, 1.82) is 0 Å². The Morgan fingerprint density at radius 3 is 2.39 bits per heavy atom. The number of carbonyl (C=O) groups excluding carboxylic acids is 1. The molecule has 0 saturated heterocycles. The standard InChI is InChI=1S/C11H16N2O4S/c1-7-5-9(11(14)13-17-4)6-10(8(7)2)18(15,16)12-3/h5-6,12H,1-4H3,(H,13,14). The zero-order valence-corrected chi connectivity index (χ0v) is 11.5. The molecule has 2 N–H and O–H groups in total. The highest BCUT2D eigenvalue weighted by atomic mass is 32.2. The largest absolute Gasteiger partial charge is 0.277 e. The lowest BCUT2D eigenvalue weighted by Crippen LogP contribution is -2.24. The number of rotatable bonds is 4. The quantitative estimate of drug-likeness (QED) is 0.782. The molecule has 0 aliphatic heterocycles. The van der Waals surface area contributed by atoms with Crippen molar-refractivity contribution in [2.45, 2.75) is 18.7 Å². The number of aryl methyl sites for hydroxylation is 1. The van der Waals surface area contributed by atoms with E-state index in [2.05, 4.69) is 15.0 Å². The van der Waals surface area contributed by atoms with Crippen molar-refractivity contribution in [2.75, 3.05) is 14.2 Å². The molecule has 0 atom stereocenters. The molecule has 0 saturated carbocycles. The number of amides is 1. The molecule has 1 aromatic rings. The Labute approximate surface area is 106 Å². The highest BCUT2D eigenvalue weighted by Gasteiger charge is 2.19. The van der Waals surface area contributed by atoms with Crippen molar-refractivity contribution in [3.63, 3.8) is 0 Å². The zero-order valence-electron chi connectivity index (χ0n) is 10.7. The van der Waals surface area contributed by atoms with Gasteiger partial charge in [0.1, 0.15) is 0 Å². The first-order valence-corrected chi connectivity index (χ1v) is 6.70. The Morgan fingerprint density at radius 2 is 1.89 bits per heavy atom. The molecule has 7 heteroatoms. The van der Waals surface area contributed by atoms with Gasteiger partial charge in [0.05, 0.1) is 12.0 Å². The molecule has 0 bridgehead atoms. The second kappa shape index (κ2) is 5.47. The Morgan fingerprint density at radius 1 is 1.28 bits per heavy atom. The molecule has 0 heterocycles. The van der Waals surface area contributed by atoms with Gasteiger partial charge in [0.15, 0.2) is 0 Å². The lowest BCUT2D eigenvalue weighted by atomic mass is 10.1. The Kier molecular flexibility index (Phi) is 4.44. The van der Waals surface area contributed by atoms with Crippen LogP contribution in [0.5, 0.6) is 0 Å². The molecule has 1 aromatic carbocycles. The summed E-state index contributed by atoms with van der Waals surface area (Å²) in [5.41, 5.74) is 3.71. The van der Waals surface area contributed by atoms with Crippen molar-refractivity contribution in [2.24, 2.45) is 0 Å². The molecule has 18 heavy (non-hydrogen) atoms. The van der Waals surface area contributed by atoms with Crippen LogP contribution in [0.15, 0.2) is 17.0 Å². The van der Waals surface area contributed by atoms with Crippen LogP contribution in [0.4, 0.5) is 0 Å². The van der Waals surface area contributed by atoms with Gasteiger partial charge in [-0.05, 0) is 44.2 Å². The molecular formula is C11H16N2O4S. The minimum absolute atomic E-state index is 0.0891. The summed E-state index contributed by atoms with van der Waals surface area (Å²) < 4.78 is 25.9. The van der Waals surface area contributed by atoms with E-state index in [-0.39, 0.29) is 10.5 Å². The van der Waals surface area contributed by atoms with Crippen LogP contribution >= 0.6 is 0 Å². The van der Waals surface area contributed by atoms with Crippen molar-refractivity contribution in [1.82, 2.24) is 10.2 Å². The third-order valence-corrected chi connectivity index (χ3v) is 4.18. The summed E-state index contributed by atoms with van der Waals surface area (Å²) in [6.07, 6.45) is 0. The smallest absolute Gasteiger partial charge is 0.274 e. The molecule has 0 aromatic heterocycles. The average molecular weight is 272 g/mol. The first-order chi connectivity index (χ1) is 8.33. The minimum Gasteiger partial charge on any atom is -0.277 e. The maximum atomic E-state index is 11.8. The van der Waals surface area contributed by atoms with E-state index in [4.69, 9.17) is 0 Å². The maximum Gasteiger partial charge on any atom is 0.274 e. The molecule has 1 amide bonds. The average Bonchev–Trinajstić information content (AvgIpc) is 2.32. The van der Waals surface area contributed by atoms with E-state index in [1.54, 1.807) is 19.9 Å². The third kappa shape index (κ3) is 2.87. The fourth-order valence-corrected chi connectivity index (χ4v) is 2.56. The van der Waals surface area contributed by atoms with Crippen LogP contribution in [0.25, 0.3) is 0 Å². The van der Waals surface area contributed by atoms with Gasteiger partial charge in [-0.1, -0.05) is 0 Å². The van der Waals surface area contributed by atoms with E-state index in [0.717, 1.165) is 0 Å². The van der Waals surface area contributed by atoms with Gasteiger partial charge in [-0.15, -0.1) is 0 Å². The fraction of sp³-hybridized carbons (Fsp3) is 0.364. The van der Waals surface area contributed by atoms with E-state index < -0.39 is 15.9 Å². The molecule has 0 aliphatic carbocycles. The number of sulfonamides is 1. The van der Waals surface area contributed by atoms with Gasteiger partial charge in [0, 0.05) is 5.56 Å². The van der Waals surface area contributed by atoms with Crippen LogP contribution in [0.3, 0.4) is 0 Å². The molecule has 0 spiro atoms. The topological polar surface area (TPSA) is 84.5 Å². The summed E-state index contributed by atoms with van der Waals surface area (Å²) in [5, 5.41) is 0. The predicted molar refractivity (Wildman–Crippen MR) is 66.6 cm³/mol. The number of carbonyl (C=O) groups is 1.